The molecule has 0 saturated heterocycles. The van der Waals surface area contributed by atoms with Gasteiger partial charge in [0.25, 0.3) is 0 Å². The molecule has 0 N–H and O–H groups in total. The lowest BCUT2D eigenvalue weighted by atomic mass is 9.75. The second-order valence-corrected chi connectivity index (χ2v) is 9.36. The highest BCUT2D eigenvalue weighted by atomic mass is 19.4. The summed E-state index contributed by atoms with van der Waals surface area (Å²) in [6.45, 7) is 2.33. The van der Waals surface area contributed by atoms with Crippen molar-refractivity contribution in [2.75, 3.05) is 0 Å². The van der Waals surface area contributed by atoms with Crippen molar-refractivity contribution in [1.82, 2.24) is 0 Å². The molecule has 0 heterocycles. The first-order valence-electron chi connectivity index (χ1n) is 11.8. The van der Waals surface area contributed by atoms with Crippen molar-refractivity contribution in [2.45, 2.75) is 83.7 Å². The predicted octanol–water partition coefficient (Wildman–Crippen LogP) is 8.42. The van der Waals surface area contributed by atoms with Crippen molar-refractivity contribution in [3.63, 3.8) is 0 Å². The third-order valence-electron chi connectivity index (χ3n) is 7.30. The summed E-state index contributed by atoms with van der Waals surface area (Å²) in [4.78, 5) is 0. The van der Waals surface area contributed by atoms with Crippen LogP contribution >= 0.6 is 0 Å². The summed E-state index contributed by atoms with van der Waals surface area (Å²) in [6.07, 6.45) is 14.9. The van der Waals surface area contributed by atoms with Crippen molar-refractivity contribution in [1.29, 1.82) is 0 Å². The van der Waals surface area contributed by atoms with Crippen LogP contribution in [0, 0.1) is 35.5 Å². The lowest BCUT2D eigenvalue weighted by Gasteiger charge is -2.31. The van der Waals surface area contributed by atoms with Crippen LogP contribution in [-0.4, -0.2) is 0 Å². The van der Waals surface area contributed by atoms with Crippen molar-refractivity contribution in [3.8, 4) is 11.8 Å². The topological polar surface area (TPSA) is 0 Å². The van der Waals surface area contributed by atoms with Crippen LogP contribution in [0.4, 0.5) is 13.2 Å². The largest absolute Gasteiger partial charge is 0.416 e. The zero-order valence-corrected chi connectivity index (χ0v) is 18.2. The molecule has 0 radical (unpaired) electrons. The first-order chi connectivity index (χ1) is 14.4. The minimum Gasteiger partial charge on any atom is -0.166 e. The second kappa shape index (κ2) is 11.1. The van der Waals surface area contributed by atoms with E-state index in [0.717, 1.165) is 29.9 Å². The maximum atomic E-state index is 12.6. The van der Waals surface area contributed by atoms with Crippen molar-refractivity contribution >= 4 is 0 Å². The molecule has 0 unspecified atom stereocenters. The van der Waals surface area contributed by atoms with E-state index in [9.17, 15) is 13.2 Å². The highest BCUT2D eigenvalue weighted by Crippen LogP contribution is 2.37. The Morgan fingerprint density at radius 3 is 1.90 bits per heavy atom. The van der Waals surface area contributed by atoms with Crippen LogP contribution in [0.25, 0.3) is 0 Å². The Morgan fingerprint density at radius 1 is 0.833 bits per heavy atom. The molecule has 30 heavy (non-hydrogen) atoms. The fourth-order valence-corrected chi connectivity index (χ4v) is 5.12. The number of hydrogen-bond acceptors (Lipinski definition) is 0. The lowest BCUT2D eigenvalue weighted by molar-refractivity contribution is -0.137. The molecule has 2 fully saturated rings. The zero-order valence-electron chi connectivity index (χ0n) is 18.2. The minimum atomic E-state index is -4.29. The first-order valence-corrected chi connectivity index (χ1v) is 11.8. The first kappa shape index (κ1) is 23.0. The Morgan fingerprint density at radius 2 is 1.37 bits per heavy atom. The maximum absolute atomic E-state index is 12.6. The van der Waals surface area contributed by atoms with Crippen molar-refractivity contribution in [3.05, 3.63) is 47.5 Å². The third kappa shape index (κ3) is 7.22. The van der Waals surface area contributed by atoms with Gasteiger partial charge >= 0.3 is 6.18 Å². The zero-order chi connectivity index (χ0) is 21.4. The molecule has 0 aliphatic heterocycles. The van der Waals surface area contributed by atoms with E-state index in [1.165, 1.54) is 82.8 Å². The number of allylic oxidation sites excluding steroid dienone is 2. The van der Waals surface area contributed by atoms with Crippen LogP contribution < -0.4 is 0 Å². The van der Waals surface area contributed by atoms with E-state index in [0.29, 0.717) is 11.5 Å². The van der Waals surface area contributed by atoms with Gasteiger partial charge in [0, 0.05) is 5.56 Å². The van der Waals surface area contributed by atoms with Gasteiger partial charge in [-0.3, -0.25) is 0 Å². The lowest BCUT2D eigenvalue weighted by Crippen LogP contribution is -2.17. The summed E-state index contributed by atoms with van der Waals surface area (Å²) >= 11 is 0. The van der Waals surface area contributed by atoms with Gasteiger partial charge < -0.3 is 0 Å². The Balaban J connectivity index is 1.35. The van der Waals surface area contributed by atoms with Crippen LogP contribution in [0.2, 0.25) is 0 Å². The molecule has 0 atom stereocenters. The van der Waals surface area contributed by atoms with Crippen molar-refractivity contribution < 1.29 is 13.2 Å². The molecule has 0 amide bonds. The van der Waals surface area contributed by atoms with Gasteiger partial charge in [0.05, 0.1) is 5.56 Å². The standard InChI is InChI=1S/C27H35F3/c1-2-21-7-9-24(10-8-21)15-16-25-13-11-22(12-14-25)5-3-4-6-23-17-19-26(20-18-23)27(28,29)30/h3,5,17-22,24-25H,2,7-16H2,1H3/t21-,22-,24-,25-. The third-order valence-corrected chi connectivity index (χ3v) is 7.30. The van der Waals surface area contributed by atoms with Gasteiger partial charge in [-0.1, -0.05) is 69.8 Å². The van der Waals surface area contributed by atoms with Gasteiger partial charge in [0.15, 0.2) is 0 Å². The van der Waals surface area contributed by atoms with Crippen molar-refractivity contribution in [2.24, 2.45) is 23.7 Å². The Labute approximate surface area is 180 Å². The summed E-state index contributed by atoms with van der Waals surface area (Å²) in [5, 5.41) is 0. The average molecular weight is 417 g/mol. The van der Waals surface area contributed by atoms with Crippen LogP contribution in [0.5, 0.6) is 0 Å². The average Bonchev–Trinajstić information content (AvgIpc) is 2.76. The summed E-state index contributed by atoms with van der Waals surface area (Å²) in [5.74, 6) is 9.38. The van der Waals surface area contributed by atoms with Crippen LogP contribution in [0.15, 0.2) is 36.4 Å². The van der Waals surface area contributed by atoms with Gasteiger partial charge in [-0.15, -0.1) is 0 Å². The van der Waals surface area contributed by atoms with Gasteiger partial charge in [-0.25, -0.2) is 0 Å². The summed E-state index contributed by atoms with van der Waals surface area (Å²) in [7, 11) is 0. The predicted molar refractivity (Wildman–Crippen MR) is 118 cm³/mol. The minimum absolute atomic E-state index is 0.600. The summed E-state index contributed by atoms with van der Waals surface area (Å²) in [5.41, 5.74) is -0.0154. The van der Waals surface area contributed by atoms with E-state index >= 15 is 0 Å². The fraction of sp³-hybridized carbons (Fsp3) is 0.630. The molecule has 2 saturated carbocycles. The number of rotatable bonds is 5. The SMILES string of the molecule is CC[C@H]1CC[C@H](CC[C@H]2CC[C@H](C=CC#Cc3ccc(C(F)(F)F)cc3)CC2)CC1. The number of hydrogen-bond donors (Lipinski definition) is 0. The van der Waals surface area contributed by atoms with Crippen LogP contribution in [0.1, 0.15) is 88.7 Å². The molecular weight excluding hydrogens is 381 g/mol. The van der Waals surface area contributed by atoms with Gasteiger partial charge in [0.2, 0.25) is 0 Å². The van der Waals surface area contributed by atoms with E-state index in [1.807, 2.05) is 6.08 Å². The smallest absolute Gasteiger partial charge is 0.166 e. The molecule has 0 aromatic heterocycles. The number of halogens is 3. The Hall–Kier alpha value is -1.69. The van der Waals surface area contributed by atoms with E-state index in [4.69, 9.17) is 0 Å². The molecule has 1 aromatic rings. The van der Waals surface area contributed by atoms with Gasteiger partial charge in [-0.2, -0.15) is 13.2 Å². The molecule has 2 aliphatic carbocycles. The van der Waals surface area contributed by atoms with E-state index in [2.05, 4.69) is 24.8 Å². The van der Waals surface area contributed by atoms with E-state index < -0.39 is 11.7 Å². The Kier molecular flexibility index (Phi) is 8.49. The molecule has 3 heteroatoms. The quantitative estimate of drug-likeness (QED) is 0.423. The van der Waals surface area contributed by atoms with E-state index in [1.54, 1.807) is 0 Å². The molecule has 0 bridgehead atoms. The van der Waals surface area contributed by atoms with E-state index in [-0.39, 0.29) is 0 Å². The highest BCUT2D eigenvalue weighted by Gasteiger charge is 2.29. The molecule has 0 spiro atoms. The molecule has 3 rings (SSSR count). The van der Waals surface area contributed by atoms with Gasteiger partial charge in [-0.05, 0) is 79.7 Å². The molecule has 1 aromatic carbocycles. The molecule has 0 nitrogen and oxygen atoms in total. The number of benzene rings is 1. The molecule has 164 valence electrons. The fourth-order valence-electron chi connectivity index (χ4n) is 5.12. The van der Waals surface area contributed by atoms with Gasteiger partial charge in [0.1, 0.15) is 0 Å². The second-order valence-electron chi connectivity index (χ2n) is 9.36. The summed E-state index contributed by atoms with van der Waals surface area (Å²) in [6, 6.07) is 5.04. The summed E-state index contributed by atoms with van der Waals surface area (Å²) < 4.78 is 37.7. The number of alkyl halides is 3. The van der Waals surface area contributed by atoms with Crippen LogP contribution in [-0.2, 0) is 6.18 Å². The maximum Gasteiger partial charge on any atom is 0.416 e. The monoisotopic (exact) mass is 416 g/mol. The Bertz CT molecular complexity index is 716. The normalized spacial score (nSPS) is 27.6. The molecular formula is C27H35F3. The molecule has 2 aliphatic rings. The highest BCUT2D eigenvalue weighted by molar-refractivity contribution is 5.39. The van der Waals surface area contributed by atoms with Crippen LogP contribution in [0.3, 0.4) is 0 Å².